The van der Waals surface area contributed by atoms with E-state index in [-0.39, 0.29) is 6.04 Å². The van der Waals surface area contributed by atoms with Crippen molar-refractivity contribution < 1.29 is 14.6 Å². The molecule has 0 aliphatic carbocycles. The topological polar surface area (TPSA) is 61.8 Å². The molecule has 2 aromatic rings. The fraction of sp³-hybridized carbons (Fsp3) is 0.350. The third-order valence-corrected chi connectivity index (χ3v) is 4.49. The van der Waals surface area contributed by atoms with Crippen LogP contribution in [0.1, 0.15) is 30.2 Å². The molecule has 2 atom stereocenters. The van der Waals surface area contributed by atoms with Gasteiger partial charge in [-0.3, -0.25) is 4.79 Å². The summed E-state index contributed by atoms with van der Waals surface area (Å²) in [7, 11) is 0. The summed E-state index contributed by atoms with van der Waals surface area (Å²) >= 11 is 0. The van der Waals surface area contributed by atoms with Crippen molar-refractivity contribution in [3.05, 3.63) is 65.7 Å². The fourth-order valence-corrected chi connectivity index (χ4v) is 2.96. The van der Waals surface area contributed by atoms with Gasteiger partial charge in [0, 0.05) is 18.8 Å². The van der Waals surface area contributed by atoms with Crippen molar-refractivity contribution in [2.75, 3.05) is 31.2 Å². The van der Waals surface area contributed by atoms with Gasteiger partial charge in [-0.15, -0.1) is 0 Å². The summed E-state index contributed by atoms with van der Waals surface area (Å²) in [5.74, 6) is -0.393. The summed E-state index contributed by atoms with van der Waals surface area (Å²) in [5.41, 5.74) is 2.76. The number of hydrogen-bond acceptors (Lipinski definition) is 4. The number of ether oxygens (including phenoxy) is 1. The Labute approximate surface area is 148 Å². The largest absolute Gasteiger partial charge is 0.378 e. The molecule has 1 fully saturated rings. The van der Waals surface area contributed by atoms with Crippen molar-refractivity contribution >= 4 is 11.6 Å². The summed E-state index contributed by atoms with van der Waals surface area (Å²) in [6.07, 6.45) is -1.16. The van der Waals surface area contributed by atoms with Crippen LogP contribution in [0.4, 0.5) is 5.69 Å². The van der Waals surface area contributed by atoms with Crippen molar-refractivity contribution in [2.45, 2.75) is 19.1 Å². The fourth-order valence-electron chi connectivity index (χ4n) is 2.96. The Morgan fingerprint density at radius 1 is 1.04 bits per heavy atom. The Hall–Kier alpha value is -2.37. The highest BCUT2D eigenvalue weighted by Crippen LogP contribution is 2.21. The molecule has 0 aromatic heterocycles. The number of carbonyl (C=O) groups excluding carboxylic acids is 1. The van der Waals surface area contributed by atoms with Gasteiger partial charge in [0.1, 0.15) is 0 Å². The average molecular weight is 340 g/mol. The molecule has 132 valence electrons. The minimum Gasteiger partial charge on any atom is -0.378 e. The van der Waals surface area contributed by atoms with E-state index in [9.17, 15) is 9.90 Å². The molecule has 3 rings (SSSR count). The van der Waals surface area contributed by atoms with E-state index in [2.05, 4.69) is 22.3 Å². The van der Waals surface area contributed by atoms with Gasteiger partial charge in [-0.2, -0.15) is 0 Å². The maximum Gasteiger partial charge on any atom is 0.253 e. The predicted molar refractivity (Wildman–Crippen MR) is 97.4 cm³/mol. The number of nitrogens with one attached hydrogen (secondary N) is 1. The van der Waals surface area contributed by atoms with E-state index in [0.717, 1.165) is 37.6 Å². The molecule has 2 unspecified atom stereocenters. The van der Waals surface area contributed by atoms with Crippen LogP contribution in [0.2, 0.25) is 0 Å². The van der Waals surface area contributed by atoms with Gasteiger partial charge in [0.25, 0.3) is 5.91 Å². The first-order valence-corrected chi connectivity index (χ1v) is 8.61. The second kappa shape index (κ2) is 8.14. The minimum absolute atomic E-state index is 0.176. The molecule has 25 heavy (non-hydrogen) atoms. The number of rotatable bonds is 5. The van der Waals surface area contributed by atoms with Gasteiger partial charge in [-0.1, -0.05) is 42.5 Å². The first-order valence-electron chi connectivity index (χ1n) is 8.61. The Morgan fingerprint density at radius 3 is 2.32 bits per heavy atom. The Bertz CT molecular complexity index is 682. The first-order chi connectivity index (χ1) is 12.1. The summed E-state index contributed by atoms with van der Waals surface area (Å²) in [6.45, 7) is 5.22. The zero-order valence-corrected chi connectivity index (χ0v) is 14.4. The number of carbonyl (C=O) groups is 1. The molecule has 1 heterocycles. The highest BCUT2D eigenvalue weighted by molar-refractivity contribution is 5.82. The lowest BCUT2D eigenvalue weighted by Crippen LogP contribution is -2.36. The van der Waals surface area contributed by atoms with E-state index in [4.69, 9.17) is 4.74 Å². The van der Waals surface area contributed by atoms with Crippen LogP contribution in [-0.2, 0) is 9.53 Å². The lowest BCUT2D eigenvalue weighted by Gasteiger charge is -2.29. The van der Waals surface area contributed by atoms with Crippen molar-refractivity contribution in [1.29, 1.82) is 0 Å². The first kappa shape index (κ1) is 17.5. The third kappa shape index (κ3) is 4.38. The van der Waals surface area contributed by atoms with Gasteiger partial charge in [-0.25, -0.2) is 0 Å². The molecule has 0 bridgehead atoms. The molecule has 1 saturated heterocycles. The molecule has 1 amide bonds. The van der Waals surface area contributed by atoms with Gasteiger partial charge >= 0.3 is 0 Å². The monoisotopic (exact) mass is 340 g/mol. The van der Waals surface area contributed by atoms with Crippen LogP contribution in [0.15, 0.2) is 54.6 Å². The maximum atomic E-state index is 12.3. The molecular weight excluding hydrogens is 316 g/mol. The Kier molecular flexibility index (Phi) is 5.68. The molecule has 5 heteroatoms. The van der Waals surface area contributed by atoms with Crippen molar-refractivity contribution in [1.82, 2.24) is 5.32 Å². The van der Waals surface area contributed by atoms with Crippen LogP contribution >= 0.6 is 0 Å². The van der Waals surface area contributed by atoms with Crippen LogP contribution in [0, 0.1) is 0 Å². The zero-order chi connectivity index (χ0) is 17.6. The molecule has 0 spiro atoms. The second-order valence-electron chi connectivity index (χ2n) is 6.23. The van der Waals surface area contributed by atoms with Crippen LogP contribution in [-0.4, -0.2) is 37.3 Å². The second-order valence-corrected chi connectivity index (χ2v) is 6.23. The number of amides is 1. The lowest BCUT2D eigenvalue weighted by molar-refractivity contribution is -0.130. The van der Waals surface area contributed by atoms with E-state index in [1.165, 1.54) is 0 Å². The lowest BCUT2D eigenvalue weighted by atomic mass is 10.1. The van der Waals surface area contributed by atoms with E-state index in [0.29, 0.717) is 5.56 Å². The standard InChI is InChI=1S/C20H24N2O3/c1-15(21-20(24)19(23)17-5-3-2-4-6-17)16-7-9-18(10-8-16)22-11-13-25-14-12-22/h2-10,15,19,23H,11-14H2,1H3,(H,21,24). The molecular formula is C20H24N2O3. The summed E-state index contributed by atoms with van der Waals surface area (Å²) in [6, 6.07) is 16.9. The van der Waals surface area contributed by atoms with Crippen molar-refractivity contribution in [3.8, 4) is 0 Å². The summed E-state index contributed by atoms with van der Waals surface area (Å²) < 4.78 is 5.37. The van der Waals surface area contributed by atoms with Gasteiger partial charge in [0.2, 0.25) is 0 Å². The molecule has 0 saturated carbocycles. The number of nitrogens with zero attached hydrogens (tertiary/aromatic N) is 1. The van der Waals surface area contributed by atoms with E-state index in [1.807, 2.05) is 25.1 Å². The van der Waals surface area contributed by atoms with E-state index in [1.54, 1.807) is 24.3 Å². The Balaban J connectivity index is 1.60. The molecule has 5 nitrogen and oxygen atoms in total. The molecule has 2 N–H and O–H groups in total. The quantitative estimate of drug-likeness (QED) is 0.878. The number of hydrogen-bond donors (Lipinski definition) is 2. The Morgan fingerprint density at radius 2 is 1.68 bits per heavy atom. The molecule has 0 radical (unpaired) electrons. The van der Waals surface area contributed by atoms with Crippen LogP contribution in [0.3, 0.4) is 0 Å². The van der Waals surface area contributed by atoms with E-state index >= 15 is 0 Å². The molecule has 2 aromatic carbocycles. The number of benzene rings is 2. The minimum atomic E-state index is -1.16. The van der Waals surface area contributed by atoms with Crippen LogP contribution < -0.4 is 10.2 Å². The SMILES string of the molecule is CC(NC(=O)C(O)c1ccccc1)c1ccc(N2CCOCC2)cc1. The summed E-state index contributed by atoms with van der Waals surface area (Å²) in [5, 5.41) is 13.0. The number of morpholine rings is 1. The number of anilines is 1. The maximum absolute atomic E-state index is 12.3. The zero-order valence-electron chi connectivity index (χ0n) is 14.4. The number of aliphatic hydroxyl groups excluding tert-OH is 1. The van der Waals surface area contributed by atoms with Crippen LogP contribution in [0.25, 0.3) is 0 Å². The number of aliphatic hydroxyl groups is 1. The molecule has 1 aliphatic rings. The normalized spacial score (nSPS) is 17.0. The van der Waals surface area contributed by atoms with Gasteiger partial charge < -0.3 is 20.1 Å². The van der Waals surface area contributed by atoms with Crippen molar-refractivity contribution in [2.24, 2.45) is 0 Å². The van der Waals surface area contributed by atoms with Gasteiger partial charge in [0.05, 0.1) is 19.3 Å². The van der Waals surface area contributed by atoms with Gasteiger partial charge in [-0.05, 0) is 30.2 Å². The van der Waals surface area contributed by atoms with Crippen molar-refractivity contribution in [3.63, 3.8) is 0 Å². The van der Waals surface area contributed by atoms with E-state index < -0.39 is 12.0 Å². The highest BCUT2D eigenvalue weighted by Gasteiger charge is 2.19. The molecule has 1 aliphatic heterocycles. The predicted octanol–water partition coefficient (Wildman–Crippen LogP) is 2.43. The average Bonchev–Trinajstić information content (AvgIpc) is 2.68. The van der Waals surface area contributed by atoms with Crippen LogP contribution in [0.5, 0.6) is 0 Å². The smallest absolute Gasteiger partial charge is 0.253 e. The van der Waals surface area contributed by atoms with Gasteiger partial charge in [0.15, 0.2) is 6.10 Å². The third-order valence-electron chi connectivity index (χ3n) is 4.49. The highest BCUT2D eigenvalue weighted by atomic mass is 16.5. The summed E-state index contributed by atoms with van der Waals surface area (Å²) in [4.78, 5) is 14.5.